The molecule has 3 nitrogen and oxygen atoms in total. The standard InChI is InChI=1S/C14H29NO2/c1-3-13(4-2)15(9-10-16)11-12-7-5-6-8-14(12)17/h12-14,16-17H,3-11H2,1-2H3. The van der Waals surface area contributed by atoms with E-state index < -0.39 is 0 Å². The van der Waals surface area contributed by atoms with Crippen LogP contribution in [-0.4, -0.2) is 47.0 Å². The molecule has 0 aromatic carbocycles. The van der Waals surface area contributed by atoms with Crippen molar-refractivity contribution in [1.82, 2.24) is 4.90 Å². The normalized spacial score (nSPS) is 25.8. The molecule has 0 saturated heterocycles. The third-order valence-electron chi connectivity index (χ3n) is 4.18. The molecule has 102 valence electrons. The van der Waals surface area contributed by atoms with E-state index in [9.17, 15) is 5.11 Å². The van der Waals surface area contributed by atoms with E-state index in [-0.39, 0.29) is 12.7 Å². The van der Waals surface area contributed by atoms with Gasteiger partial charge < -0.3 is 10.2 Å². The van der Waals surface area contributed by atoms with Crippen molar-refractivity contribution in [3.63, 3.8) is 0 Å². The van der Waals surface area contributed by atoms with Crippen molar-refractivity contribution in [3.05, 3.63) is 0 Å². The Morgan fingerprint density at radius 1 is 1.18 bits per heavy atom. The molecule has 0 aromatic rings. The van der Waals surface area contributed by atoms with E-state index in [4.69, 9.17) is 5.11 Å². The van der Waals surface area contributed by atoms with Gasteiger partial charge in [-0.3, -0.25) is 4.90 Å². The zero-order chi connectivity index (χ0) is 12.7. The fourth-order valence-electron chi connectivity index (χ4n) is 3.06. The fourth-order valence-corrected chi connectivity index (χ4v) is 3.06. The number of aliphatic hydroxyl groups is 2. The van der Waals surface area contributed by atoms with Gasteiger partial charge in [-0.05, 0) is 31.6 Å². The molecule has 2 N–H and O–H groups in total. The third-order valence-corrected chi connectivity index (χ3v) is 4.18. The molecular formula is C14H29NO2. The fraction of sp³-hybridized carbons (Fsp3) is 1.00. The smallest absolute Gasteiger partial charge is 0.0580 e. The lowest BCUT2D eigenvalue weighted by molar-refractivity contribution is 0.0295. The summed E-state index contributed by atoms with van der Waals surface area (Å²) in [5.74, 6) is 0.413. The van der Waals surface area contributed by atoms with Crippen LogP contribution in [0.5, 0.6) is 0 Å². The minimum Gasteiger partial charge on any atom is -0.395 e. The molecule has 1 aliphatic carbocycles. The number of nitrogens with zero attached hydrogens (tertiary/aromatic N) is 1. The maximum atomic E-state index is 10.0. The van der Waals surface area contributed by atoms with Crippen molar-refractivity contribution in [2.75, 3.05) is 19.7 Å². The maximum Gasteiger partial charge on any atom is 0.0580 e. The summed E-state index contributed by atoms with van der Waals surface area (Å²) in [6, 6.07) is 0.552. The predicted octanol–water partition coefficient (Wildman–Crippen LogP) is 2.02. The first-order chi connectivity index (χ1) is 8.22. The van der Waals surface area contributed by atoms with Crippen molar-refractivity contribution >= 4 is 0 Å². The first kappa shape index (κ1) is 14.9. The average molecular weight is 243 g/mol. The lowest BCUT2D eigenvalue weighted by Crippen LogP contribution is -2.43. The monoisotopic (exact) mass is 243 g/mol. The molecule has 0 aliphatic heterocycles. The van der Waals surface area contributed by atoms with Crippen LogP contribution in [0, 0.1) is 5.92 Å². The summed E-state index contributed by atoms with van der Waals surface area (Å²) in [5, 5.41) is 19.2. The van der Waals surface area contributed by atoms with Crippen molar-refractivity contribution in [1.29, 1.82) is 0 Å². The van der Waals surface area contributed by atoms with Crippen LogP contribution in [0.2, 0.25) is 0 Å². The molecule has 3 heteroatoms. The van der Waals surface area contributed by atoms with E-state index in [0.29, 0.717) is 12.0 Å². The number of hydrogen-bond acceptors (Lipinski definition) is 3. The van der Waals surface area contributed by atoms with Crippen molar-refractivity contribution < 1.29 is 10.2 Å². The van der Waals surface area contributed by atoms with Gasteiger partial charge in [-0.1, -0.05) is 26.7 Å². The Kier molecular flexibility index (Phi) is 7.09. The van der Waals surface area contributed by atoms with Crippen LogP contribution < -0.4 is 0 Å². The zero-order valence-corrected chi connectivity index (χ0v) is 11.4. The molecule has 0 radical (unpaired) electrons. The Morgan fingerprint density at radius 3 is 2.35 bits per heavy atom. The second-order valence-electron chi connectivity index (χ2n) is 5.30. The van der Waals surface area contributed by atoms with E-state index in [1.807, 2.05) is 0 Å². The van der Waals surface area contributed by atoms with Crippen molar-refractivity contribution in [3.8, 4) is 0 Å². The molecule has 0 amide bonds. The van der Waals surface area contributed by atoms with Gasteiger partial charge in [0.1, 0.15) is 0 Å². The summed E-state index contributed by atoms with van der Waals surface area (Å²) in [6.45, 7) is 6.33. The second kappa shape index (κ2) is 8.06. The molecule has 17 heavy (non-hydrogen) atoms. The molecule has 0 aromatic heterocycles. The van der Waals surface area contributed by atoms with Crippen LogP contribution in [0.15, 0.2) is 0 Å². The van der Waals surface area contributed by atoms with Gasteiger partial charge >= 0.3 is 0 Å². The lowest BCUT2D eigenvalue weighted by Gasteiger charge is -2.36. The highest BCUT2D eigenvalue weighted by atomic mass is 16.3. The van der Waals surface area contributed by atoms with Gasteiger partial charge in [0.2, 0.25) is 0 Å². The van der Waals surface area contributed by atoms with Gasteiger partial charge in [0.05, 0.1) is 12.7 Å². The zero-order valence-electron chi connectivity index (χ0n) is 11.4. The van der Waals surface area contributed by atoms with Gasteiger partial charge in [-0.25, -0.2) is 0 Å². The van der Waals surface area contributed by atoms with Gasteiger partial charge in [0, 0.05) is 19.1 Å². The van der Waals surface area contributed by atoms with E-state index in [1.54, 1.807) is 0 Å². The molecule has 0 spiro atoms. The van der Waals surface area contributed by atoms with Gasteiger partial charge in [0.15, 0.2) is 0 Å². The summed E-state index contributed by atoms with van der Waals surface area (Å²) >= 11 is 0. The molecule has 1 fully saturated rings. The molecule has 0 heterocycles. The molecule has 0 bridgehead atoms. The quantitative estimate of drug-likeness (QED) is 0.719. The number of aliphatic hydroxyl groups excluding tert-OH is 2. The highest BCUT2D eigenvalue weighted by molar-refractivity contribution is 4.80. The summed E-state index contributed by atoms with van der Waals surface area (Å²) < 4.78 is 0. The van der Waals surface area contributed by atoms with Gasteiger partial charge in [0.25, 0.3) is 0 Å². The topological polar surface area (TPSA) is 43.7 Å². The van der Waals surface area contributed by atoms with Crippen LogP contribution >= 0.6 is 0 Å². The summed E-state index contributed by atoms with van der Waals surface area (Å²) in [6.07, 6.45) is 6.64. The largest absolute Gasteiger partial charge is 0.395 e. The molecule has 2 atom stereocenters. The Morgan fingerprint density at radius 2 is 1.82 bits per heavy atom. The molecule has 1 saturated carbocycles. The Hall–Kier alpha value is -0.120. The summed E-state index contributed by atoms with van der Waals surface area (Å²) in [4.78, 5) is 2.37. The number of hydrogen-bond donors (Lipinski definition) is 2. The van der Waals surface area contributed by atoms with Gasteiger partial charge in [-0.15, -0.1) is 0 Å². The molecular weight excluding hydrogens is 214 g/mol. The number of rotatable bonds is 7. The molecule has 2 unspecified atom stereocenters. The minimum absolute atomic E-state index is 0.126. The summed E-state index contributed by atoms with van der Waals surface area (Å²) in [5.41, 5.74) is 0. The first-order valence-corrected chi connectivity index (χ1v) is 7.25. The highest BCUT2D eigenvalue weighted by Crippen LogP contribution is 2.26. The van der Waals surface area contributed by atoms with Crippen molar-refractivity contribution in [2.24, 2.45) is 5.92 Å². The predicted molar refractivity (Wildman–Crippen MR) is 71.0 cm³/mol. The minimum atomic E-state index is -0.126. The second-order valence-corrected chi connectivity index (χ2v) is 5.30. The van der Waals surface area contributed by atoms with Crippen LogP contribution in [0.25, 0.3) is 0 Å². The molecule has 1 rings (SSSR count). The lowest BCUT2D eigenvalue weighted by atomic mass is 9.86. The third kappa shape index (κ3) is 4.57. The van der Waals surface area contributed by atoms with E-state index in [2.05, 4.69) is 18.7 Å². The first-order valence-electron chi connectivity index (χ1n) is 7.25. The summed E-state index contributed by atoms with van der Waals surface area (Å²) in [7, 11) is 0. The van der Waals surface area contributed by atoms with E-state index in [1.165, 1.54) is 12.8 Å². The van der Waals surface area contributed by atoms with Crippen LogP contribution in [0.1, 0.15) is 52.4 Å². The SMILES string of the molecule is CCC(CC)N(CCO)CC1CCCCC1O. The molecule has 1 aliphatic rings. The Labute approximate surface area is 106 Å². The van der Waals surface area contributed by atoms with Crippen LogP contribution in [0.3, 0.4) is 0 Å². The average Bonchev–Trinajstić information content (AvgIpc) is 2.34. The van der Waals surface area contributed by atoms with Gasteiger partial charge in [-0.2, -0.15) is 0 Å². The van der Waals surface area contributed by atoms with E-state index >= 15 is 0 Å². The van der Waals surface area contributed by atoms with Crippen LogP contribution in [-0.2, 0) is 0 Å². The Bertz CT molecular complexity index is 195. The Balaban J connectivity index is 2.51. The van der Waals surface area contributed by atoms with Crippen LogP contribution in [0.4, 0.5) is 0 Å². The highest BCUT2D eigenvalue weighted by Gasteiger charge is 2.26. The van der Waals surface area contributed by atoms with Crippen molar-refractivity contribution in [2.45, 2.75) is 64.5 Å². The van der Waals surface area contributed by atoms with E-state index in [0.717, 1.165) is 38.8 Å². The maximum absolute atomic E-state index is 10.0.